The molecule has 4 unspecified atom stereocenters. The van der Waals surface area contributed by atoms with Gasteiger partial charge in [-0.05, 0) is 49.3 Å². The number of benzene rings is 1. The maximum atomic E-state index is 12.7. The Morgan fingerprint density at radius 2 is 2.15 bits per heavy atom. The van der Waals surface area contributed by atoms with Crippen molar-refractivity contribution in [3.05, 3.63) is 28.8 Å². The lowest BCUT2D eigenvalue weighted by Gasteiger charge is -2.43. The van der Waals surface area contributed by atoms with E-state index in [4.69, 9.17) is 21.1 Å². The highest BCUT2D eigenvalue weighted by atomic mass is 35.5. The van der Waals surface area contributed by atoms with Crippen LogP contribution in [-0.4, -0.2) is 44.7 Å². The lowest BCUT2D eigenvalue weighted by Crippen LogP contribution is -2.56. The number of nitrogens with one attached hydrogen (secondary N) is 2. The number of carbonyl (C=O) groups is 2. The van der Waals surface area contributed by atoms with Crippen LogP contribution in [0.5, 0.6) is 5.75 Å². The Bertz CT molecular complexity index is 682. The van der Waals surface area contributed by atoms with Crippen LogP contribution in [0, 0.1) is 11.8 Å². The second-order valence-electron chi connectivity index (χ2n) is 7.09. The molecule has 2 aliphatic rings. The summed E-state index contributed by atoms with van der Waals surface area (Å²) in [6.07, 6.45) is 3.08. The Hall–Kier alpha value is -1.79. The molecule has 7 heteroatoms. The minimum atomic E-state index is -0.205. The lowest BCUT2D eigenvalue weighted by molar-refractivity contribution is -0.128. The molecule has 0 spiro atoms. The summed E-state index contributed by atoms with van der Waals surface area (Å²) in [4.78, 5) is 24.7. The molecule has 2 N–H and O–H groups in total. The number of piperidine rings is 1. The van der Waals surface area contributed by atoms with Crippen molar-refractivity contribution < 1.29 is 19.1 Å². The second-order valence-corrected chi connectivity index (χ2v) is 7.52. The number of methoxy groups -OCH3 is 2. The summed E-state index contributed by atoms with van der Waals surface area (Å²) in [7, 11) is 3.20. The Balaban J connectivity index is 1.66. The summed E-state index contributed by atoms with van der Waals surface area (Å²) in [5.41, 5.74) is 0.423. The van der Waals surface area contributed by atoms with Gasteiger partial charge in [-0.25, -0.2) is 0 Å². The van der Waals surface area contributed by atoms with Gasteiger partial charge in [-0.15, -0.1) is 0 Å². The van der Waals surface area contributed by atoms with Crippen LogP contribution in [0.1, 0.15) is 36.0 Å². The van der Waals surface area contributed by atoms with E-state index in [0.717, 1.165) is 19.3 Å². The van der Waals surface area contributed by atoms with E-state index < -0.39 is 0 Å². The van der Waals surface area contributed by atoms with Crippen molar-refractivity contribution in [2.45, 2.75) is 37.8 Å². The van der Waals surface area contributed by atoms with Gasteiger partial charge in [0.15, 0.2) is 0 Å². The Morgan fingerprint density at radius 3 is 2.88 bits per heavy atom. The highest BCUT2D eigenvalue weighted by Crippen LogP contribution is 2.36. The summed E-state index contributed by atoms with van der Waals surface area (Å²) in [6, 6.07) is 5.07. The topological polar surface area (TPSA) is 76.7 Å². The molecule has 0 radical (unpaired) electrons. The highest BCUT2D eigenvalue weighted by molar-refractivity contribution is 6.31. The van der Waals surface area contributed by atoms with E-state index in [9.17, 15) is 9.59 Å². The largest absolute Gasteiger partial charge is 0.496 e. The minimum Gasteiger partial charge on any atom is -0.496 e. The molecular weight excluding hydrogens is 356 g/mol. The van der Waals surface area contributed by atoms with Crippen molar-refractivity contribution in [3.8, 4) is 5.75 Å². The van der Waals surface area contributed by atoms with E-state index in [2.05, 4.69) is 10.6 Å². The Labute approximate surface area is 158 Å². The van der Waals surface area contributed by atoms with Gasteiger partial charge >= 0.3 is 0 Å². The van der Waals surface area contributed by atoms with Crippen molar-refractivity contribution >= 4 is 23.4 Å². The number of ether oxygens (including phenoxy) is 2. The molecule has 1 aliphatic heterocycles. The first-order valence-electron chi connectivity index (χ1n) is 8.94. The third-order valence-electron chi connectivity index (χ3n) is 5.43. The van der Waals surface area contributed by atoms with Gasteiger partial charge in [-0.3, -0.25) is 9.59 Å². The van der Waals surface area contributed by atoms with Crippen molar-refractivity contribution in [1.29, 1.82) is 0 Å². The Morgan fingerprint density at radius 1 is 1.35 bits per heavy atom. The molecule has 0 bridgehead atoms. The number of amides is 2. The molecular formula is C19H25ClN2O4. The van der Waals surface area contributed by atoms with Gasteiger partial charge in [0.2, 0.25) is 5.91 Å². The predicted molar refractivity (Wildman–Crippen MR) is 98.5 cm³/mol. The zero-order chi connectivity index (χ0) is 18.7. The van der Waals surface area contributed by atoms with Crippen LogP contribution in [-0.2, 0) is 9.53 Å². The van der Waals surface area contributed by atoms with Gasteiger partial charge in [-0.1, -0.05) is 11.6 Å². The van der Waals surface area contributed by atoms with Crippen LogP contribution < -0.4 is 15.4 Å². The molecule has 2 amide bonds. The number of halogens is 1. The first-order chi connectivity index (χ1) is 12.5. The van der Waals surface area contributed by atoms with Crippen molar-refractivity contribution in [3.63, 3.8) is 0 Å². The zero-order valence-electron chi connectivity index (χ0n) is 15.1. The van der Waals surface area contributed by atoms with Gasteiger partial charge < -0.3 is 20.1 Å². The summed E-state index contributed by atoms with van der Waals surface area (Å²) >= 11 is 6.02. The smallest absolute Gasteiger partial charge is 0.255 e. The molecule has 1 saturated carbocycles. The monoisotopic (exact) mass is 380 g/mol. The van der Waals surface area contributed by atoms with Crippen LogP contribution in [0.3, 0.4) is 0 Å². The van der Waals surface area contributed by atoms with E-state index in [0.29, 0.717) is 35.3 Å². The van der Waals surface area contributed by atoms with E-state index in [1.807, 2.05) is 0 Å². The van der Waals surface area contributed by atoms with Gasteiger partial charge in [0, 0.05) is 37.2 Å². The van der Waals surface area contributed by atoms with Gasteiger partial charge in [0.1, 0.15) is 5.75 Å². The number of rotatable bonds is 5. The molecule has 1 aromatic rings. The average molecular weight is 381 g/mol. The molecule has 6 nitrogen and oxygen atoms in total. The van der Waals surface area contributed by atoms with Gasteiger partial charge in [0.05, 0.1) is 12.7 Å². The number of hydrogen-bond acceptors (Lipinski definition) is 4. The van der Waals surface area contributed by atoms with E-state index >= 15 is 0 Å². The van der Waals surface area contributed by atoms with Crippen LogP contribution in [0.15, 0.2) is 18.2 Å². The van der Waals surface area contributed by atoms with Crippen LogP contribution in [0.4, 0.5) is 0 Å². The maximum Gasteiger partial charge on any atom is 0.255 e. The maximum absolute atomic E-state index is 12.7. The number of carbonyl (C=O) groups excluding carboxylic acids is 2. The first kappa shape index (κ1) is 19.0. The van der Waals surface area contributed by atoms with E-state index in [1.165, 1.54) is 7.11 Å². The minimum absolute atomic E-state index is 0.00836. The first-order valence-corrected chi connectivity index (χ1v) is 9.32. The third-order valence-corrected chi connectivity index (χ3v) is 5.66. The summed E-state index contributed by atoms with van der Waals surface area (Å²) < 4.78 is 10.5. The van der Waals surface area contributed by atoms with Crippen molar-refractivity contribution in [2.24, 2.45) is 11.8 Å². The molecule has 0 aromatic heterocycles. The van der Waals surface area contributed by atoms with Crippen molar-refractivity contribution in [2.75, 3.05) is 20.8 Å². The summed E-state index contributed by atoms with van der Waals surface area (Å²) in [5, 5.41) is 6.65. The number of hydrogen-bond donors (Lipinski definition) is 2. The third kappa shape index (κ3) is 4.13. The van der Waals surface area contributed by atoms with Crippen LogP contribution in [0.25, 0.3) is 0 Å². The van der Waals surface area contributed by atoms with E-state index in [1.54, 1.807) is 25.3 Å². The SMILES string of the molecule is COCC1CC(=O)NC2CC(NC(=O)c3cc(Cl)ccc3OC)CCC12. The normalized spacial score (nSPS) is 28.0. The highest BCUT2D eigenvalue weighted by Gasteiger charge is 2.41. The number of fused-ring (bicyclic) bond motifs is 1. The molecule has 26 heavy (non-hydrogen) atoms. The standard InChI is InChI=1S/C19H25ClN2O4/c1-25-10-11-7-18(23)22-16-9-13(4-5-14(11)16)21-19(24)15-8-12(20)3-6-17(15)26-2/h3,6,8,11,13-14,16H,4-5,7,9-10H2,1-2H3,(H,21,24)(H,22,23). The molecule has 1 heterocycles. The molecule has 2 fully saturated rings. The van der Waals surface area contributed by atoms with Crippen molar-refractivity contribution in [1.82, 2.24) is 10.6 Å². The fourth-order valence-electron chi connectivity index (χ4n) is 4.23. The predicted octanol–water partition coefficient (Wildman–Crippen LogP) is 2.40. The lowest BCUT2D eigenvalue weighted by atomic mass is 9.71. The fourth-order valence-corrected chi connectivity index (χ4v) is 4.40. The molecule has 1 aliphatic carbocycles. The molecule has 142 valence electrons. The zero-order valence-corrected chi connectivity index (χ0v) is 15.8. The summed E-state index contributed by atoms with van der Waals surface area (Å²) in [5.74, 6) is 1.01. The average Bonchev–Trinajstić information content (AvgIpc) is 2.61. The van der Waals surface area contributed by atoms with Gasteiger partial charge in [-0.2, -0.15) is 0 Å². The fraction of sp³-hybridized carbons (Fsp3) is 0.579. The van der Waals surface area contributed by atoms with E-state index in [-0.39, 0.29) is 29.8 Å². The Kier molecular flexibility index (Phi) is 6.04. The quantitative estimate of drug-likeness (QED) is 0.822. The van der Waals surface area contributed by atoms with Crippen LogP contribution in [0.2, 0.25) is 5.02 Å². The molecule has 1 aromatic carbocycles. The molecule has 4 atom stereocenters. The van der Waals surface area contributed by atoms with Crippen LogP contribution >= 0.6 is 11.6 Å². The summed E-state index contributed by atoms with van der Waals surface area (Å²) in [6.45, 7) is 0.603. The molecule has 3 rings (SSSR count). The van der Waals surface area contributed by atoms with Gasteiger partial charge in [0.25, 0.3) is 5.91 Å². The molecule has 1 saturated heterocycles. The second kappa shape index (κ2) is 8.27.